The van der Waals surface area contributed by atoms with E-state index in [2.05, 4.69) is 53.5 Å². The Morgan fingerprint density at radius 2 is 0.906 bits per heavy atom. The van der Waals surface area contributed by atoms with Crippen LogP contribution in [-0.2, 0) is 49.2 Å². The van der Waals surface area contributed by atoms with Gasteiger partial charge in [0, 0.05) is 54.9 Å². The zero-order valence-electron chi connectivity index (χ0n) is 78.3. The van der Waals surface area contributed by atoms with Gasteiger partial charge < -0.3 is 38.1 Å². The lowest BCUT2D eigenvalue weighted by Gasteiger charge is -2.29. The van der Waals surface area contributed by atoms with Gasteiger partial charge in [-0.05, 0) is 270 Å². The molecule has 26 heteroatoms. The second-order valence-electron chi connectivity index (χ2n) is 33.0. The largest absolute Gasteiger partial charge is 0.497 e. The maximum Gasteiger partial charge on any atom is 0.419 e. The van der Waals surface area contributed by atoms with Crippen LogP contribution in [0.3, 0.4) is 0 Å². The molecule has 12 aromatic rings. The Kier molecular flexibility index (Phi) is 38.0. The highest BCUT2D eigenvalue weighted by molar-refractivity contribution is 7.99. The van der Waals surface area contributed by atoms with Crippen LogP contribution in [0.2, 0.25) is 0 Å². The Bertz CT molecular complexity index is 6310. The zero-order chi connectivity index (χ0) is 98.6. The number of benzene rings is 10. The number of pyridine rings is 1. The Balaban J connectivity index is 0.000000150. The number of anilines is 1. The molecule has 139 heavy (non-hydrogen) atoms. The maximum atomic E-state index is 13.2. The number of alkyl halides is 3. The molecule has 0 bridgehead atoms. The van der Waals surface area contributed by atoms with E-state index in [4.69, 9.17) is 34.8 Å². The van der Waals surface area contributed by atoms with Gasteiger partial charge in [-0.1, -0.05) is 205 Å². The van der Waals surface area contributed by atoms with Crippen LogP contribution in [0.1, 0.15) is 157 Å². The zero-order valence-corrected chi connectivity index (χ0v) is 79.1. The van der Waals surface area contributed by atoms with Crippen molar-refractivity contribution >= 4 is 87.0 Å². The Hall–Kier alpha value is -15.4. The third kappa shape index (κ3) is 29.8. The number of nitrogens with zero attached hydrogens (tertiary/aromatic N) is 6. The summed E-state index contributed by atoms with van der Waals surface area (Å²) in [6, 6.07) is 84.7. The molecule has 3 heterocycles. The number of allylic oxidation sites excluding steroid dienone is 8. The number of carbonyl (C=O) groups is 7. The lowest BCUT2D eigenvalue weighted by atomic mass is 9.73. The second-order valence-corrected chi connectivity index (χ2v) is 34.1. The second kappa shape index (κ2) is 51.5. The van der Waals surface area contributed by atoms with Gasteiger partial charge in [0.15, 0.2) is 35.6 Å². The average molecular weight is 1900 g/mol. The summed E-state index contributed by atoms with van der Waals surface area (Å²) in [7, 11) is 6.58. The molecule has 0 spiro atoms. The fourth-order valence-corrected chi connectivity index (χ4v) is 17.5. The summed E-state index contributed by atoms with van der Waals surface area (Å²) in [4.78, 5) is 92.7. The monoisotopic (exact) mass is 1900 g/mol. The molecule has 6 atom stereocenters. The minimum absolute atomic E-state index is 0.137. The first-order chi connectivity index (χ1) is 67.4. The third-order valence-electron chi connectivity index (χ3n) is 23.7. The van der Waals surface area contributed by atoms with Gasteiger partial charge >= 0.3 is 24.2 Å². The van der Waals surface area contributed by atoms with Gasteiger partial charge in [-0.15, -0.1) is 11.5 Å². The molecule has 17 rings (SSSR count). The minimum atomic E-state index is -4.62. The number of esters is 2. The number of methoxy groups -OCH3 is 4. The van der Waals surface area contributed by atoms with Crippen molar-refractivity contribution in [2.75, 3.05) is 66.7 Å². The number of hydrogen-bond acceptors (Lipinski definition) is 20. The number of likely N-dealkylation sites (tertiary alicyclic amines) is 1. The van der Waals surface area contributed by atoms with E-state index in [1.807, 2.05) is 219 Å². The van der Waals surface area contributed by atoms with E-state index in [9.17, 15) is 51.1 Å². The van der Waals surface area contributed by atoms with Gasteiger partial charge in [-0.25, -0.2) is 14.2 Å². The van der Waals surface area contributed by atoms with Crippen molar-refractivity contribution < 1.29 is 84.3 Å². The number of hydrogen-bond donors (Lipinski definition) is 1. The van der Waals surface area contributed by atoms with Crippen LogP contribution >= 0.6 is 11.8 Å². The summed E-state index contributed by atoms with van der Waals surface area (Å²) < 4.78 is 89.9. The maximum absolute atomic E-state index is 13.2. The molecule has 1 fully saturated rings. The standard InChI is InChI=1S/C22H22O4.C22H22O3.C20H20O3.C19H18O2.C16H11F3N2O2S.C14H16FN5/c1-3-26-22(24)21-19(16-7-5-4-6-8-16)13-17(14-20(21)23)15-9-11-18(25-2)12-10-15;1-3-25-22(24)21-19(17-7-5-4-6-8-17)13-18(14-20(21)23)16-11-9-15(2)10-12-16;1-22-19-7-3-14(4-8-19)16-11-17(13-18(21)12-16)15-5-9-20(23-2)10-6-15;1-21-19-9-7-15(8-10-19)17-11-16(12-18(20)13-17)14-5-3-2-4-6-14;1-2-8-23-15(22)21-11-9-13(16(17,18)19)14(20-10-11)24-12-6-4-3-5-7-12;15-12-4-6-13(7-5-12)20-14(16-17-18-20)8-11-19-9-2-1-3-10-19/h4-12,14,19,21H,3,13H2,1-2H3;4-12,14,19,21H,3,13H2,1-2H3;3-10,12,17H,11,13H2,1-2H3;2-10,13,16H,11-12H2,1H3;1,3-7,9-10H,8H2,(H,21,22);4-8,11H,1-3,9-10H2/b;;;;;11-8+. The molecular formula is C113H109F4N7O14S. The molecule has 10 aromatic carbocycles. The number of piperidine rings is 1. The quantitative estimate of drug-likeness (QED) is 0.0205. The van der Waals surface area contributed by atoms with Gasteiger partial charge in [0.25, 0.3) is 0 Å². The van der Waals surface area contributed by atoms with Crippen molar-refractivity contribution in [2.45, 2.75) is 118 Å². The number of halogens is 4. The third-order valence-corrected chi connectivity index (χ3v) is 24.7. The molecular weight excluding hydrogens is 1790 g/mol. The van der Waals surface area contributed by atoms with Gasteiger partial charge in [0.2, 0.25) is 0 Å². The van der Waals surface area contributed by atoms with Crippen molar-refractivity contribution in [2.24, 2.45) is 11.8 Å². The van der Waals surface area contributed by atoms with Crippen LogP contribution in [0.4, 0.5) is 28.0 Å². The van der Waals surface area contributed by atoms with E-state index < -0.39 is 41.6 Å². The highest BCUT2D eigenvalue weighted by Crippen LogP contribution is 2.45. The molecule has 714 valence electrons. The highest BCUT2D eigenvalue weighted by Gasteiger charge is 2.42. The van der Waals surface area contributed by atoms with Crippen molar-refractivity contribution in [3.05, 3.63) is 377 Å². The van der Waals surface area contributed by atoms with E-state index in [1.54, 1.807) is 114 Å². The first-order valence-corrected chi connectivity index (χ1v) is 46.5. The minimum Gasteiger partial charge on any atom is -0.497 e. The molecule has 1 saturated heterocycles. The number of terminal acetylenes is 1. The van der Waals surface area contributed by atoms with Crippen LogP contribution in [-0.4, -0.2) is 133 Å². The molecule has 1 aliphatic heterocycles. The van der Waals surface area contributed by atoms with E-state index >= 15 is 0 Å². The van der Waals surface area contributed by atoms with Crippen molar-refractivity contribution in [3.63, 3.8) is 0 Å². The van der Waals surface area contributed by atoms with Gasteiger partial charge in [0.1, 0.15) is 45.7 Å². The predicted octanol–water partition coefficient (Wildman–Crippen LogP) is 23.5. The number of rotatable bonds is 23. The molecule has 2 aromatic heterocycles. The topological polar surface area (TPSA) is 256 Å². The molecule has 1 amide bonds. The molecule has 1 N–H and O–H groups in total. The van der Waals surface area contributed by atoms with Crippen LogP contribution in [0.25, 0.3) is 34.1 Å². The number of aryl methyl sites for hydroxylation is 1. The molecule has 0 radical (unpaired) electrons. The first-order valence-electron chi connectivity index (χ1n) is 45.6. The smallest absolute Gasteiger partial charge is 0.419 e. The van der Waals surface area contributed by atoms with E-state index in [-0.39, 0.29) is 83.2 Å². The summed E-state index contributed by atoms with van der Waals surface area (Å²) >= 11 is 0.881. The number of ether oxygens (including phenoxy) is 7. The number of ketones is 4. The summed E-state index contributed by atoms with van der Waals surface area (Å²) in [5.41, 5.74) is 13.5. The Morgan fingerprint density at radius 3 is 1.33 bits per heavy atom. The van der Waals surface area contributed by atoms with Crippen molar-refractivity contribution in [3.8, 4) is 41.0 Å². The summed E-state index contributed by atoms with van der Waals surface area (Å²) in [5.74, 6) is 3.35. The van der Waals surface area contributed by atoms with Crippen LogP contribution in [0, 0.1) is 36.9 Å². The molecule has 4 aliphatic carbocycles. The molecule has 5 aliphatic rings. The van der Waals surface area contributed by atoms with Crippen LogP contribution in [0.15, 0.2) is 320 Å². The van der Waals surface area contributed by atoms with Crippen molar-refractivity contribution in [1.82, 2.24) is 30.1 Å². The lowest BCUT2D eigenvalue weighted by molar-refractivity contribution is -0.153. The normalized spacial score (nSPS) is 17.1. The SMILES string of the molecule is C#CCOC(=O)Nc1cnc(Sc2ccccc2)c(C(F)(F)F)c1.CCOC(=O)C1C(=O)C=C(c2ccc(C)cc2)CC1c1ccccc1.CCOC(=O)C1C(=O)C=C(c2ccc(OC)cc2)CC1c1ccccc1.COc1ccc(C2=CC(=O)CC(c3ccc(OC)cc3)C2)cc1.COc1ccc(C2=CC(=O)CC(c3ccccc3)C2)cc1.Fc1ccc(-n2nnnc2/C=C/N2CCCCC2)cc1. The number of nitrogens with one attached hydrogen (secondary N) is 1. The summed E-state index contributed by atoms with van der Waals surface area (Å²) in [6.45, 7) is 7.96. The Labute approximate surface area is 811 Å². The van der Waals surface area contributed by atoms with E-state index in [1.165, 1.54) is 48.1 Å². The van der Waals surface area contributed by atoms with Gasteiger partial charge in [-0.3, -0.25) is 34.1 Å². The van der Waals surface area contributed by atoms with Gasteiger partial charge in [-0.2, -0.15) is 17.9 Å². The van der Waals surface area contributed by atoms with Gasteiger partial charge in [0.05, 0.1) is 64.8 Å². The number of tetrazole rings is 1. The average Bonchev–Trinajstić information content (AvgIpc) is 1.43. The van der Waals surface area contributed by atoms with E-state index in [0.717, 1.165) is 134 Å². The fourth-order valence-electron chi connectivity index (χ4n) is 16.6. The molecule has 6 unspecified atom stereocenters. The van der Waals surface area contributed by atoms with Crippen LogP contribution < -0.4 is 24.3 Å². The summed E-state index contributed by atoms with van der Waals surface area (Å²) in [6.07, 6.45) is 19.1. The number of aromatic nitrogens is 5. The first kappa shape index (κ1) is 103. The fraction of sp³-hybridized carbons (Fsp3) is 0.248. The molecule has 0 saturated carbocycles. The van der Waals surface area contributed by atoms with E-state index in [0.29, 0.717) is 36.4 Å². The Morgan fingerprint density at radius 1 is 0.496 bits per heavy atom. The molecule has 21 nitrogen and oxygen atoms in total. The van der Waals surface area contributed by atoms with Crippen molar-refractivity contribution in [1.29, 1.82) is 0 Å². The summed E-state index contributed by atoms with van der Waals surface area (Å²) in [5, 5.41) is 13.6. The predicted molar refractivity (Wildman–Crippen MR) is 531 cm³/mol. The highest BCUT2D eigenvalue weighted by atomic mass is 32.2. The number of carbonyl (C=O) groups excluding carboxylic acids is 7. The number of amides is 1. The lowest BCUT2D eigenvalue weighted by Crippen LogP contribution is -2.34. The van der Waals surface area contributed by atoms with Crippen LogP contribution in [0.5, 0.6) is 23.0 Å².